The smallest absolute Gasteiger partial charge is 0.365 e. The molecule has 206 valence electrons. The average molecular weight is 541 g/mol. The van der Waals surface area contributed by atoms with Crippen molar-refractivity contribution in [1.29, 1.82) is 0 Å². The molecule has 0 spiro atoms. The molecule has 8 nitrogen and oxygen atoms in total. The van der Waals surface area contributed by atoms with Gasteiger partial charge in [0.15, 0.2) is 17.2 Å². The number of ether oxygens (including phenoxy) is 1. The Morgan fingerprint density at radius 1 is 0.744 bits per heavy atom. The molecular formula is C29H30F2N2O6. The van der Waals surface area contributed by atoms with E-state index in [-0.39, 0.29) is 34.6 Å². The lowest BCUT2D eigenvalue weighted by molar-refractivity contribution is 0.0689. The van der Waals surface area contributed by atoms with Crippen LogP contribution in [0.25, 0.3) is 21.5 Å². The van der Waals surface area contributed by atoms with E-state index >= 15 is 0 Å². The van der Waals surface area contributed by atoms with Crippen LogP contribution in [0, 0.1) is 22.5 Å². The first-order valence-corrected chi connectivity index (χ1v) is 12.3. The van der Waals surface area contributed by atoms with Gasteiger partial charge in [-0.25, -0.2) is 13.6 Å². The maximum Gasteiger partial charge on any atom is 0.365 e. The first-order chi connectivity index (χ1) is 18.0. The highest BCUT2D eigenvalue weighted by atomic mass is 19.1. The lowest BCUT2D eigenvalue weighted by atomic mass is 9.96. The Balaban J connectivity index is 2.01. The van der Waals surface area contributed by atoms with Crippen molar-refractivity contribution in [2.24, 2.45) is 10.8 Å². The molecule has 10 heteroatoms. The van der Waals surface area contributed by atoms with Crippen molar-refractivity contribution < 1.29 is 28.5 Å². The van der Waals surface area contributed by atoms with Gasteiger partial charge in [0, 0.05) is 23.9 Å². The molecule has 0 unspecified atom stereocenters. The van der Waals surface area contributed by atoms with E-state index in [2.05, 4.69) is 0 Å². The first-order valence-electron chi connectivity index (χ1n) is 12.3. The molecule has 0 radical (unpaired) electrons. The predicted molar refractivity (Wildman–Crippen MR) is 144 cm³/mol. The molecule has 0 aliphatic carbocycles. The Morgan fingerprint density at radius 3 is 1.67 bits per heavy atom. The van der Waals surface area contributed by atoms with Gasteiger partial charge in [-0.3, -0.25) is 18.7 Å². The fraction of sp³-hybridized carbons (Fsp3) is 0.345. The van der Waals surface area contributed by atoms with E-state index in [0.29, 0.717) is 0 Å². The summed E-state index contributed by atoms with van der Waals surface area (Å²) in [6, 6.07) is 6.45. The largest absolute Gasteiger partial charge is 0.505 e. The molecule has 2 aromatic carbocycles. The summed E-state index contributed by atoms with van der Waals surface area (Å²) < 4.78 is 35.7. The number of nitrogens with zero attached hydrogens (tertiary/aromatic N) is 2. The number of aromatic nitrogens is 2. The second-order valence-corrected chi connectivity index (χ2v) is 12.0. The van der Waals surface area contributed by atoms with Crippen LogP contribution in [0.2, 0.25) is 0 Å². The Hall–Kier alpha value is -4.21. The number of esters is 1. The van der Waals surface area contributed by atoms with E-state index in [1.165, 1.54) is 12.1 Å². The van der Waals surface area contributed by atoms with Gasteiger partial charge < -0.3 is 14.9 Å². The van der Waals surface area contributed by atoms with Crippen molar-refractivity contribution in [3.05, 3.63) is 74.4 Å². The summed E-state index contributed by atoms with van der Waals surface area (Å²) >= 11 is 0. The Morgan fingerprint density at radius 2 is 1.18 bits per heavy atom. The lowest BCUT2D eigenvalue weighted by Crippen LogP contribution is -2.34. The quantitative estimate of drug-likeness (QED) is 0.339. The maximum absolute atomic E-state index is 14.1. The topological polar surface area (TPSA) is 111 Å². The van der Waals surface area contributed by atoms with E-state index in [4.69, 9.17) is 4.74 Å². The molecule has 0 amide bonds. The highest BCUT2D eigenvalue weighted by Crippen LogP contribution is 2.36. The summed E-state index contributed by atoms with van der Waals surface area (Å²) in [5.74, 6) is -4.68. The number of carbonyl (C=O) groups excluding carboxylic acids is 1. The van der Waals surface area contributed by atoms with E-state index in [1.54, 1.807) is 0 Å². The third kappa shape index (κ3) is 5.36. The number of pyridine rings is 2. The van der Waals surface area contributed by atoms with Crippen molar-refractivity contribution in [2.75, 3.05) is 0 Å². The molecule has 0 aliphatic heterocycles. The molecule has 2 N–H and O–H groups in total. The molecule has 4 aromatic rings. The fourth-order valence-corrected chi connectivity index (χ4v) is 4.47. The van der Waals surface area contributed by atoms with Crippen LogP contribution < -0.4 is 15.9 Å². The SMILES string of the molecule is CC(C)(C)Cn1c(OC(=O)c2c(O)c3cc(F)ccc3c(=O)n2CC(C)(C)C)c(O)c2cc(F)ccc2c1=O. The number of hydrogen-bond donors (Lipinski definition) is 2. The monoisotopic (exact) mass is 540 g/mol. The number of benzene rings is 2. The highest BCUT2D eigenvalue weighted by molar-refractivity contribution is 6.00. The standard InChI is InChI=1S/C29H30F2N2O6/c1-28(2,3)13-32-21(22(34)19-11-15(30)7-9-17(19)24(32)36)27(38)39-26-23(35)20-12-16(31)8-10-18(20)25(37)33(26)14-29(4,5)6/h7-12,34-35H,13-14H2,1-6H3. The normalized spacial score (nSPS) is 12.3. The van der Waals surface area contributed by atoms with Gasteiger partial charge in [-0.15, -0.1) is 0 Å². The molecule has 0 atom stereocenters. The van der Waals surface area contributed by atoms with Crippen molar-refractivity contribution in [2.45, 2.75) is 54.6 Å². The predicted octanol–water partition coefficient (Wildman–Crippen LogP) is 5.32. The summed E-state index contributed by atoms with van der Waals surface area (Å²) in [7, 11) is 0. The molecule has 0 bridgehead atoms. The van der Waals surface area contributed by atoms with Crippen molar-refractivity contribution in [3.63, 3.8) is 0 Å². The Bertz CT molecular complexity index is 1760. The van der Waals surface area contributed by atoms with E-state index in [0.717, 1.165) is 33.4 Å². The van der Waals surface area contributed by atoms with Gasteiger partial charge in [-0.1, -0.05) is 41.5 Å². The van der Waals surface area contributed by atoms with Gasteiger partial charge in [0.05, 0.1) is 10.8 Å². The number of fused-ring (bicyclic) bond motifs is 2. The molecule has 2 heterocycles. The van der Waals surface area contributed by atoms with Crippen molar-refractivity contribution in [1.82, 2.24) is 9.13 Å². The van der Waals surface area contributed by atoms with Gasteiger partial charge in [0.25, 0.3) is 11.1 Å². The minimum atomic E-state index is -1.27. The number of aromatic hydroxyl groups is 2. The second-order valence-electron chi connectivity index (χ2n) is 12.0. The zero-order valence-corrected chi connectivity index (χ0v) is 22.6. The van der Waals surface area contributed by atoms with Crippen molar-refractivity contribution in [3.8, 4) is 17.4 Å². The average Bonchev–Trinajstić information content (AvgIpc) is 2.81. The van der Waals surface area contributed by atoms with E-state index < -0.39 is 62.6 Å². The molecule has 0 fully saturated rings. The van der Waals surface area contributed by atoms with Crippen LogP contribution >= 0.6 is 0 Å². The number of rotatable bonds is 4. The Kier molecular flexibility index (Phi) is 6.79. The van der Waals surface area contributed by atoms with E-state index in [9.17, 15) is 33.4 Å². The molecule has 4 rings (SSSR count). The zero-order chi connectivity index (χ0) is 29.0. The van der Waals surface area contributed by atoms with Crippen LogP contribution in [0.3, 0.4) is 0 Å². The van der Waals surface area contributed by atoms with Crippen LogP contribution in [-0.2, 0) is 13.1 Å². The zero-order valence-electron chi connectivity index (χ0n) is 22.6. The highest BCUT2D eigenvalue weighted by Gasteiger charge is 2.30. The number of halogens is 2. The van der Waals surface area contributed by atoms with Gasteiger partial charge in [-0.2, -0.15) is 0 Å². The van der Waals surface area contributed by atoms with Gasteiger partial charge in [0.1, 0.15) is 11.6 Å². The molecule has 0 saturated heterocycles. The van der Waals surface area contributed by atoms with Gasteiger partial charge >= 0.3 is 5.97 Å². The van der Waals surface area contributed by atoms with Crippen LogP contribution in [0.15, 0.2) is 46.0 Å². The molecule has 2 aromatic heterocycles. The van der Waals surface area contributed by atoms with Crippen LogP contribution in [-0.4, -0.2) is 25.3 Å². The van der Waals surface area contributed by atoms with E-state index in [1.807, 2.05) is 41.5 Å². The summed E-state index contributed by atoms with van der Waals surface area (Å²) in [5, 5.41) is 21.8. The molecule has 39 heavy (non-hydrogen) atoms. The number of carbonyl (C=O) groups is 1. The summed E-state index contributed by atoms with van der Waals surface area (Å²) in [5.41, 5.74) is -2.96. The fourth-order valence-electron chi connectivity index (χ4n) is 4.47. The summed E-state index contributed by atoms with van der Waals surface area (Å²) in [4.78, 5) is 40.5. The second kappa shape index (κ2) is 9.52. The maximum atomic E-state index is 14.1. The van der Waals surface area contributed by atoms with Gasteiger partial charge in [-0.05, 0) is 47.2 Å². The minimum Gasteiger partial charge on any atom is -0.505 e. The molecule has 0 saturated carbocycles. The van der Waals surface area contributed by atoms with Crippen LogP contribution in [0.4, 0.5) is 8.78 Å². The molecular weight excluding hydrogens is 510 g/mol. The third-order valence-corrected chi connectivity index (χ3v) is 6.01. The van der Waals surface area contributed by atoms with Crippen molar-refractivity contribution >= 4 is 27.5 Å². The number of hydrogen-bond acceptors (Lipinski definition) is 6. The minimum absolute atomic E-state index is 0.000959. The first kappa shape index (κ1) is 27.8. The van der Waals surface area contributed by atoms with Gasteiger partial charge in [0.2, 0.25) is 5.88 Å². The van der Waals surface area contributed by atoms with Crippen LogP contribution in [0.1, 0.15) is 52.0 Å². The van der Waals surface area contributed by atoms with Crippen LogP contribution in [0.5, 0.6) is 17.4 Å². The molecule has 0 aliphatic rings. The lowest BCUT2D eigenvalue weighted by Gasteiger charge is -2.25. The Labute approximate surface area is 222 Å². The third-order valence-electron chi connectivity index (χ3n) is 6.01. The summed E-state index contributed by atoms with van der Waals surface area (Å²) in [6.45, 7) is 10.9. The summed E-state index contributed by atoms with van der Waals surface area (Å²) in [6.07, 6.45) is 0.